The molecule has 2 N–H and O–H groups in total. The maximum atomic E-state index is 13.0. The fourth-order valence-electron chi connectivity index (χ4n) is 3.92. The molecule has 0 aliphatic heterocycles. The van der Waals surface area contributed by atoms with Gasteiger partial charge in [0.25, 0.3) is 11.6 Å². The number of hydrogen-bond acceptors (Lipinski definition) is 10. The Bertz CT molecular complexity index is 1490. The number of methoxy groups -OCH3 is 2. The van der Waals surface area contributed by atoms with Gasteiger partial charge in [-0.15, -0.1) is 11.3 Å². The lowest BCUT2D eigenvalue weighted by atomic mass is 10.1. The summed E-state index contributed by atoms with van der Waals surface area (Å²) in [7, 11) is 3.01. The topological polar surface area (TPSA) is 146 Å². The van der Waals surface area contributed by atoms with Crippen molar-refractivity contribution in [2.75, 3.05) is 24.9 Å². The molecule has 0 fully saturated rings. The molecule has 1 aliphatic carbocycles. The van der Waals surface area contributed by atoms with Crippen LogP contribution in [0.4, 0.5) is 16.0 Å². The zero-order valence-electron chi connectivity index (χ0n) is 19.1. The molecule has 5 rings (SSSR count). The van der Waals surface area contributed by atoms with Crippen molar-refractivity contribution in [1.82, 2.24) is 9.97 Å². The Kier molecular flexibility index (Phi) is 6.24. The lowest BCUT2D eigenvalue weighted by Crippen LogP contribution is -2.20. The third kappa shape index (κ3) is 4.57. The number of benzene rings is 2. The molecule has 184 valence electrons. The molecule has 0 saturated heterocycles. The zero-order chi connectivity index (χ0) is 25.4. The summed E-state index contributed by atoms with van der Waals surface area (Å²) in [5.41, 5.74) is 1.52. The second-order valence-electron chi connectivity index (χ2n) is 7.89. The van der Waals surface area contributed by atoms with Gasteiger partial charge in [-0.3, -0.25) is 25.0 Å². The molecule has 2 heterocycles. The van der Waals surface area contributed by atoms with Gasteiger partial charge < -0.3 is 14.8 Å². The number of nitro groups is 1. The third-order valence-corrected chi connectivity index (χ3v) is 7.66. The number of hydrogen-bond donors (Lipinski definition) is 2. The molecule has 1 aliphatic rings. The van der Waals surface area contributed by atoms with Crippen molar-refractivity contribution in [3.05, 3.63) is 62.6 Å². The number of aryl methyl sites for hydroxylation is 1. The summed E-state index contributed by atoms with van der Waals surface area (Å²) < 4.78 is 11.1. The SMILES string of the molecule is COc1cc(OC)cc(C(=O)Nc2nc3c(s2)CCC3C(=O)Nc2nc3ccc([N+](=O)[O-])cc3s2)c1. The Hall–Kier alpha value is -4.10. The highest BCUT2D eigenvalue weighted by Crippen LogP contribution is 2.39. The predicted octanol–water partition coefficient (Wildman–Crippen LogP) is 4.60. The van der Waals surface area contributed by atoms with Crippen LogP contribution in [0, 0.1) is 10.1 Å². The van der Waals surface area contributed by atoms with Crippen LogP contribution in [0.2, 0.25) is 0 Å². The number of non-ortho nitro benzene ring substituents is 1. The molecule has 11 nitrogen and oxygen atoms in total. The number of ether oxygens (including phenoxy) is 2. The average Bonchev–Trinajstić information content (AvgIpc) is 3.56. The molecule has 0 spiro atoms. The molecular formula is C23H19N5O6S2. The van der Waals surface area contributed by atoms with Crippen molar-refractivity contribution in [1.29, 1.82) is 0 Å². The molecule has 2 aromatic carbocycles. The van der Waals surface area contributed by atoms with E-state index < -0.39 is 10.8 Å². The minimum Gasteiger partial charge on any atom is -0.497 e. The van der Waals surface area contributed by atoms with Gasteiger partial charge in [-0.1, -0.05) is 11.3 Å². The summed E-state index contributed by atoms with van der Waals surface area (Å²) in [6, 6.07) is 9.24. The minimum absolute atomic E-state index is 0.0334. The molecule has 13 heteroatoms. The number of aromatic nitrogens is 2. The normalized spacial score (nSPS) is 14.3. The van der Waals surface area contributed by atoms with E-state index >= 15 is 0 Å². The maximum absolute atomic E-state index is 13.0. The molecule has 0 radical (unpaired) electrons. The van der Waals surface area contributed by atoms with Gasteiger partial charge in [-0.2, -0.15) is 0 Å². The monoisotopic (exact) mass is 525 g/mol. The van der Waals surface area contributed by atoms with Gasteiger partial charge in [-0.25, -0.2) is 9.97 Å². The largest absolute Gasteiger partial charge is 0.497 e. The highest BCUT2D eigenvalue weighted by atomic mass is 32.1. The quantitative estimate of drug-likeness (QED) is 0.263. The Morgan fingerprint density at radius 3 is 2.44 bits per heavy atom. The summed E-state index contributed by atoms with van der Waals surface area (Å²) in [6.45, 7) is 0. The van der Waals surface area contributed by atoms with Crippen LogP contribution < -0.4 is 20.1 Å². The second kappa shape index (κ2) is 9.51. The second-order valence-corrected chi connectivity index (χ2v) is 10.0. The number of nitrogens with zero attached hydrogens (tertiary/aromatic N) is 3. The number of carbonyl (C=O) groups is 2. The molecule has 4 aromatic rings. The molecule has 0 saturated carbocycles. The zero-order valence-corrected chi connectivity index (χ0v) is 20.7. The number of fused-ring (bicyclic) bond motifs is 2. The van der Waals surface area contributed by atoms with E-state index in [1.54, 1.807) is 24.3 Å². The van der Waals surface area contributed by atoms with Crippen molar-refractivity contribution in [3.8, 4) is 11.5 Å². The van der Waals surface area contributed by atoms with Crippen molar-refractivity contribution >= 4 is 60.7 Å². The van der Waals surface area contributed by atoms with E-state index in [-0.39, 0.29) is 17.5 Å². The van der Waals surface area contributed by atoms with E-state index in [0.717, 1.165) is 4.88 Å². The predicted molar refractivity (Wildman–Crippen MR) is 136 cm³/mol. The summed E-state index contributed by atoms with van der Waals surface area (Å²) in [6.07, 6.45) is 1.26. The van der Waals surface area contributed by atoms with Crippen LogP contribution in [-0.2, 0) is 11.2 Å². The summed E-state index contributed by atoms with van der Waals surface area (Å²) >= 11 is 2.51. The highest BCUT2D eigenvalue weighted by Gasteiger charge is 2.33. The Morgan fingerprint density at radius 1 is 1.03 bits per heavy atom. The lowest BCUT2D eigenvalue weighted by molar-refractivity contribution is -0.384. The molecule has 1 unspecified atom stereocenters. The summed E-state index contributed by atoms with van der Waals surface area (Å²) in [5.74, 6) is -0.142. The standard InChI is InChI=1S/C23H19N5O6S2/c1-33-13-7-11(8-14(10-13)34-2)20(29)26-23-25-19-15(4-6-17(19)35-23)21(30)27-22-24-16-5-3-12(28(31)32)9-18(16)36-22/h3,5,7-10,15H,4,6H2,1-2H3,(H,24,27,30)(H,25,26,29). The van der Waals surface area contributed by atoms with E-state index in [1.807, 2.05) is 0 Å². The van der Waals surface area contributed by atoms with Gasteiger partial charge in [0.15, 0.2) is 10.3 Å². The molecular weight excluding hydrogens is 506 g/mol. The highest BCUT2D eigenvalue weighted by molar-refractivity contribution is 7.22. The van der Waals surface area contributed by atoms with Gasteiger partial charge in [-0.05, 0) is 31.0 Å². The number of nitro benzene ring substituents is 1. The van der Waals surface area contributed by atoms with Crippen LogP contribution in [-0.4, -0.2) is 40.9 Å². The Balaban J connectivity index is 1.30. The van der Waals surface area contributed by atoms with Gasteiger partial charge >= 0.3 is 0 Å². The minimum atomic E-state index is -0.486. The first-order valence-electron chi connectivity index (χ1n) is 10.7. The average molecular weight is 526 g/mol. The summed E-state index contributed by atoms with van der Waals surface area (Å²) in [4.78, 5) is 46.2. The number of anilines is 2. The van der Waals surface area contributed by atoms with Crippen LogP contribution >= 0.6 is 22.7 Å². The molecule has 0 bridgehead atoms. The van der Waals surface area contributed by atoms with Crippen molar-refractivity contribution in [2.24, 2.45) is 0 Å². The molecule has 2 aromatic heterocycles. The van der Waals surface area contributed by atoms with Gasteiger partial charge in [0, 0.05) is 28.6 Å². The molecule has 2 amide bonds. The van der Waals surface area contributed by atoms with E-state index in [9.17, 15) is 19.7 Å². The molecule has 36 heavy (non-hydrogen) atoms. The van der Waals surface area contributed by atoms with Crippen LogP contribution in [0.15, 0.2) is 36.4 Å². The van der Waals surface area contributed by atoms with Gasteiger partial charge in [0.1, 0.15) is 11.5 Å². The molecule has 1 atom stereocenters. The van der Waals surface area contributed by atoms with Gasteiger partial charge in [0.2, 0.25) is 5.91 Å². The summed E-state index contributed by atoms with van der Waals surface area (Å²) in [5, 5.41) is 17.4. The fraction of sp³-hybridized carbons (Fsp3) is 0.217. The Morgan fingerprint density at radius 2 is 1.75 bits per heavy atom. The van der Waals surface area contributed by atoms with Crippen LogP contribution in [0.5, 0.6) is 11.5 Å². The van der Waals surface area contributed by atoms with Crippen LogP contribution in [0.1, 0.15) is 33.3 Å². The third-order valence-electron chi connectivity index (χ3n) is 5.68. The lowest BCUT2D eigenvalue weighted by Gasteiger charge is -2.09. The van der Waals surface area contributed by atoms with E-state index in [2.05, 4.69) is 20.6 Å². The first kappa shape index (κ1) is 23.6. The van der Waals surface area contributed by atoms with Gasteiger partial charge in [0.05, 0.1) is 41.0 Å². The van der Waals surface area contributed by atoms with E-state index in [4.69, 9.17) is 9.47 Å². The number of thiazole rings is 2. The maximum Gasteiger partial charge on any atom is 0.270 e. The fourth-order valence-corrected chi connectivity index (χ4v) is 5.85. The Labute approximate surface area is 212 Å². The van der Waals surface area contributed by atoms with Crippen molar-refractivity contribution in [3.63, 3.8) is 0 Å². The number of nitrogens with one attached hydrogen (secondary N) is 2. The number of rotatable bonds is 7. The van der Waals surface area contributed by atoms with E-state index in [0.29, 0.717) is 56.1 Å². The first-order chi connectivity index (χ1) is 17.3. The first-order valence-corrected chi connectivity index (χ1v) is 12.4. The van der Waals surface area contributed by atoms with Crippen molar-refractivity contribution < 1.29 is 24.0 Å². The smallest absolute Gasteiger partial charge is 0.270 e. The number of amides is 2. The van der Waals surface area contributed by atoms with Crippen LogP contribution in [0.3, 0.4) is 0 Å². The number of carbonyl (C=O) groups excluding carboxylic acids is 2. The van der Waals surface area contributed by atoms with Crippen LogP contribution in [0.25, 0.3) is 10.2 Å². The van der Waals surface area contributed by atoms with Crippen molar-refractivity contribution in [2.45, 2.75) is 18.8 Å². The van der Waals surface area contributed by atoms with E-state index in [1.165, 1.54) is 49.0 Å².